The standard InChI is InChI=1S/C18H28N2O2/c1-3-12-22-18-8-7-15(13-16(18)19)17(21)9-11-20-10-5-4-6-14(20)2/h7-8,13-14H,3-6,9-12,19H2,1-2H3. The molecule has 0 bridgehead atoms. The van der Waals surface area contributed by atoms with Crippen LogP contribution in [-0.4, -0.2) is 36.4 Å². The minimum absolute atomic E-state index is 0.159. The number of nitrogens with two attached hydrogens (primary N) is 1. The molecule has 1 aliphatic heterocycles. The summed E-state index contributed by atoms with van der Waals surface area (Å²) in [5, 5.41) is 0. The van der Waals surface area contributed by atoms with E-state index in [2.05, 4.69) is 18.7 Å². The Hall–Kier alpha value is -1.55. The summed E-state index contributed by atoms with van der Waals surface area (Å²) < 4.78 is 5.55. The van der Waals surface area contributed by atoms with Gasteiger partial charge in [-0.2, -0.15) is 0 Å². The number of hydrogen-bond donors (Lipinski definition) is 1. The zero-order chi connectivity index (χ0) is 15.9. The molecule has 1 aromatic rings. The van der Waals surface area contributed by atoms with E-state index in [4.69, 9.17) is 10.5 Å². The first-order valence-corrected chi connectivity index (χ1v) is 8.41. The largest absolute Gasteiger partial charge is 0.491 e. The average Bonchev–Trinajstić information content (AvgIpc) is 2.52. The SMILES string of the molecule is CCCOc1ccc(C(=O)CCN2CCCCC2C)cc1N. The van der Waals surface area contributed by atoms with Gasteiger partial charge in [-0.15, -0.1) is 0 Å². The molecule has 2 rings (SSSR count). The lowest BCUT2D eigenvalue weighted by molar-refractivity contribution is 0.0935. The Labute approximate surface area is 133 Å². The van der Waals surface area contributed by atoms with Gasteiger partial charge in [-0.1, -0.05) is 13.3 Å². The van der Waals surface area contributed by atoms with Crippen LogP contribution in [0.3, 0.4) is 0 Å². The van der Waals surface area contributed by atoms with Gasteiger partial charge in [0.05, 0.1) is 12.3 Å². The molecule has 1 unspecified atom stereocenters. The van der Waals surface area contributed by atoms with Crippen molar-refractivity contribution in [2.45, 2.75) is 52.0 Å². The molecule has 0 aromatic heterocycles. The Morgan fingerprint density at radius 3 is 2.91 bits per heavy atom. The van der Waals surface area contributed by atoms with Crippen LogP contribution in [0.4, 0.5) is 5.69 Å². The molecule has 1 saturated heterocycles. The fraction of sp³-hybridized carbons (Fsp3) is 0.611. The summed E-state index contributed by atoms with van der Waals surface area (Å²) in [5.41, 5.74) is 7.21. The molecule has 4 nitrogen and oxygen atoms in total. The molecular weight excluding hydrogens is 276 g/mol. The van der Waals surface area contributed by atoms with Crippen LogP contribution in [0, 0.1) is 0 Å². The third kappa shape index (κ3) is 4.47. The van der Waals surface area contributed by atoms with Gasteiger partial charge in [-0.3, -0.25) is 4.79 Å². The van der Waals surface area contributed by atoms with Crippen LogP contribution in [0.15, 0.2) is 18.2 Å². The molecule has 0 amide bonds. The summed E-state index contributed by atoms with van der Waals surface area (Å²) in [7, 11) is 0. The maximum atomic E-state index is 12.3. The highest BCUT2D eigenvalue weighted by molar-refractivity contribution is 5.97. The second kappa shape index (κ2) is 8.18. The number of carbonyl (C=O) groups excluding carboxylic acids is 1. The number of likely N-dealkylation sites (tertiary alicyclic amines) is 1. The predicted octanol–water partition coefficient (Wildman–Crippen LogP) is 3.50. The summed E-state index contributed by atoms with van der Waals surface area (Å²) in [6.07, 6.45) is 5.29. The van der Waals surface area contributed by atoms with Crippen LogP contribution in [0.5, 0.6) is 5.75 Å². The molecule has 1 heterocycles. The van der Waals surface area contributed by atoms with E-state index in [1.165, 1.54) is 19.3 Å². The number of nitrogen functional groups attached to an aromatic ring is 1. The van der Waals surface area contributed by atoms with Crippen molar-refractivity contribution in [2.24, 2.45) is 0 Å². The van der Waals surface area contributed by atoms with Crippen LogP contribution in [0.2, 0.25) is 0 Å². The Morgan fingerprint density at radius 2 is 2.23 bits per heavy atom. The number of anilines is 1. The van der Waals surface area contributed by atoms with Crippen molar-refractivity contribution in [3.05, 3.63) is 23.8 Å². The molecule has 1 fully saturated rings. The van der Waals surface area contributed by atoms with Gasteiger partial charge in [0.25, 0.3) is 0 Å². The normalized spacial score (nSPS) is 19.1. The quantitative estimate of drug-likeness (QED) is 0.619. The summed E-state index contributed by atoms with van der Waals surface area (Å²) in [5.74, 6) is 0.828. The fourth-order valence-electron chi connectivity index (χ4n) is 2.94. The number of carbonyl (C=O) groups is 1. The van der Waals surface area contributed by atoms with E-state index in [1.807, 2.05) is 12.1 Å². The number of piperidine rings is 1. The van der Waals surface area contributed by atoms with Crippen LogP contribution >= 0.6 is 0 Å². The van der Waals surface area contributed by atoms with Crippen molar-refractivity contribution in [3.8, 4) is 5.75 Å². The van der Waals surface area contributed by atoms with E-state index in [0.717, 1.165) is 19.5 Å². The molecule has 0 radical (unpaired) electrons. The predicted molar refractivity (Wildman–Crippen MR) is 90.5 cm³/mol. The van der Waals surface area contributed by atoms with Crippen LogP contribution in [-0.2, 0) is 0 Å². The molecule has 1 aliphatic rings. The third-order valence-electron chi connectivity index (χ3n) is 4.36. The summed E-state index contributed by atoms with van der Waals surface area (Å²) >= 11 is 0. The van der Waals surface area contributed by atoms with Crippen molar-refractivity contribution < 1.29 is 9.53 Å². The lowest BCUT2D eigenvalue weighted by Crippen LogP contribution is -2.38. The second-order valence-corrected chi connectivity index (χ2v) is 6.16. The lowest BCUT2D eigenvalue weighted by atomic mass is 10.0. The van der Waals surface area contributed by atoms with Gasteiger partial charge in [0.2, 0.25) is 0 Å². The number of ether oxygens (including phenoxy) is 1. The van der Waals surface area contributed by atoms with Gasteiger partial charge in [0.15, 0.2) is 5.78 Å². The topological polar surface area (TPSA) is 55.6 Å². The highest BCUT2D eigenvalue weighted by atomic mass is 16.5. The van der Waals surface area contributed by atoms with Crippen molar-refractivity contribution in [1.82, 2.24) is 4.90 Å². The zero-order valence-electron chi connectivity index (χ0n) is 13.8. The van der Waals surface area contributed by atoms with Crippen LogP contribution in [0.25, 0.3) is 0 Å². The molecule has 0 spiro atoms. The van der Waals surface area contributed by atoms with E-state index in [-0.39, 0.29) is 5.78 Å². The van der Waals surface area contributed by atoms with Gasteiger partial charge >= 0.3 is 0 Å². The molecule has 122 valence electrons. The van der Waals surface area contributed by atoms with E-state index < -0.39 is 0 Å². The van der Waals surface area contributed by atoms with Crippen molar-refractivity contribution in [2.75, 3.05) is 25.4 Å². The highest BCUT2D eigenvalue weighted by Crippen LogP contribution is 2.24. The number of hydrogen-bond acceptors (Lipinski definition) is 4. The van der Waals surface area contributed by atoms with E-state index >= 15 is 0 Å². The summed E-state index contributed by atoms with van der Waals surface area (Å²) in [4.78, 5) is 14.8. The van der Waals surface area contributed by atoms with Gasteiger partial charge in [-0.05, 0) is 50.9 Å². The summed E-state index contributed by atoms with van der Waals surface area (Å²) in [6, 6.07) is 5.97. The maximum absolute atomic E-state index is 12.3. The number of rotatable bonds is 7. The van der Waals surface area contributed by atoms with E-state index in [0.29, 0.717) is 36.1 Å². The second-order valence-electron chi connectivity index (χ2n) is 6.16. The van der Waals surface area contributed by atoms with Crippen molar-refractivity contribution in [3.63, 3.8) is 0 Å². The van der Waals surface area contributed by atoms with Crippen LogP contribution < -0.4 is 10.5 Å². The number of ketones is 1. The van der Waals surface area contributed by atoms with Crippen LogP contribution in [0.1, 0.15) is 56.3 Å². The van der Waals surface area contributed by atoms with E-state index in [9.17, 15) is 4.79 Å². The molecule has 2 N–H and O–H groups in total. The molecule has 0 aliphatic carbocycles. The number of Topliss-reactive ketones (excluding diaryl/α,β-unsaturated/α-hetero) is 1. The highest BCUT2D eigenvalue weighted by Gasteiger charge is 2.19. The van der Waals surface area contributed by atoms with Gasteiger partial charge in [0, 0.05) is 24.6 Å². The lowest BCUT2D eigenvalue weighted by Gasteiger charge is -2.33. The Morgan fingerprint density at radius 1 is 1.41 bits per heavy atom. The molecule has 22 heavy (non-hydrogen) atoms. The zero-order valence-corrected chi connectivity index (χ0v) is 13.8. The Bertz CT molecular complexity index is 502. The molecule has 0 saturated carbocycles. The smallest absolute Gasteiger partial charge is 0.164 e. The fourth-order valence-corrected chi connectivity index (χ4v) is 2.94. The molecule has 1 atom stereocenters. The van der Waals surface area contributed by atoms with Gasteiger partial charge in [-0.25, -0.2) is 0 Å². The first-order valence-electron chi connectivity index (χ1n) is 8.41. The Kier molecular flexibility index (Phi) is 6.25. The van der Waals surface area contributed by atoms with Crippen molar-refractivity contribution in [1.29, 1.82) is 0 Å². The Balaban J connectivity index is 1.90. The third-order valence-corrected chi connectivity index (χ3v) is 4.36. The first kappa shape index (κ1) is 16.8. The van der Waals surface area contributed by atoms with E-state index in [1.54, 1.807) is 6.07 Å². The van der Waals surface area contributed by atoms with Gasteiger partial charge < -0.3 is 15.4 Å². The molecule has 1 aromatic carbocycles. The molecular formula is C18H28N2O2. The monoisotopic (exact) mass is 304 g/mol. The minimum Gasteiger partial charge on any atom is -0.491 e. The van der Waals surface area contributed by atoms with Crippen molar-refractivity contribution >= 4 is 11.5 Å². The number of nitrogens with zero attached hydrogens (tertiary/aromatic N) is 1. The van der Waals surface area contributed by atoms with Gasteiger partial charge in [0.1, 0.15) is 5.75 Å². The summed E-state index contributed by atoms with van der Waals surface area (Å²) in [6.45, 7) is 6.90. The first-order chi connectivity index (χ1) is 10.6. The minimum atomic E-state index is 0.159. The molecule has 4 heteroatoms. The average molecular weight is 304 g/mol. The number of benzene rings is 1. The maximum Gasteiger partial charge on any atom is 0.164 e.